The number of halogens is 1. The van der Waals surface area contributed by atoms with Gasteiger partial charge in [-0.15, -0.1) is 0 Å². The van der Waals surface area contributed by atoms with E-state index in [4.69, 9.17) is 14.3 Å². The highest BCUT2D eigenvalue weighted by Gasteiger charge is 2.25. The first-order valence-electron chi connectivity index (χ1n) is 7.22. The fraction of sp³-hybridized carbons (Fsp3) is 0.600. The van der Waals surface area contributed by atoms with Gasteiger partial charge in [-0.25, -0.2) is 0 Å². The first-order chi connectivity index (χ1) is 10.4. The van der Waals surface area contributed by atoms with Crippen LogP contribution in [0.25, 0.3) is 0 Å². The molecule has 22 heavy (non-hydrogen) atoms. The summed E-state index contributed by atoms with van der Waals surface area (Å²) in [7, 11) is 0. The molecule has 0 aliphatic heterocycles. The summed E-state index contributed by atoms with van der Waals surface area (Å²) in [6.45, 7) is 6.97. The number of ether oxygens (including phenoxy) is 1. The predicted molar refractivity (Wildman–Crippen MR) is 85.0 cm³/mol. The summed E-state index contributed by atoms with van der Waals surface area (Å²) in [5.74, 6) is -1.64. The number of nitrogens with zero attached hydrogens (tertiary/aromatic N) is 1. The molecule has 1 atom stereocenters. The lowest BCUT2D eigenvalue weighted by Gasteiger charge is -2.24. The quantitative estimate of drug-likeness (QED) is 0.671. The number of aryl methyl sites for hydroxylation is 1. The lowest BCUT2D eigenvalue weighted by Crippen LogP contribution is -2.38. The molecule has 7 heteroatoms. The molecule has 0 aromatic carbocycles. The standard InChI is InChI=1S/C15H22BrNO5/c1-4-21-7-5-6-17(9-11(3)15(19)20)14(18)13-10(2)8-12(16)22-13/h8,11H,4-7,9H2,1-3H3,(H,19,20). The van der Waals surface area contributed by atoms with Gasteiger partial charge in [0.1, 0.15) is 0 Å². The molecule has 1 N–H and O–H groups in total. The van der Waals surface area contributed by atoms with Crippen LogP contribution in [-0.4, -0.2) is 48.2 Å². The highest BCUT2D eigenvalue weighted by atomic mass is 79.9. The zero-order chi connectivity index (χ0) is 16.7. The largest absolute Gasteiger partial charge is 0.481 e. The van der Waals surface area contributed by atoms with Gasteiger partial charge in [0, 0.05) is 31.9 Å². The molecule has 0 aliphatic carbocycles. The van der Waals surface area contributed by atoms with E-state index in [9.17, 15) is 9.59 Å². The molecule has 0 fully saturated rings. The van der Waals surface area contributed by atoms with Gasteiger partial charge in [0.15, 0.2) is 10.4 Å². The summed E-state index contributed by atoms with van der Waals surface area (Å²) >= 11 is 3.20. The van der Waals surface area contributed by atoms with E-state index in [1.807, 2.05) is 6.92 Å². The Morgan fingerprint density at radius 2 is 2.18 bits per heavy atom. The maximum Gasteiger partial charge on any atom is 0.308 e. The molecule has 0 bridgehead atoms. The van der Waals surface area contributed by atoms with Crippen molar-refractivity contribution in [2.45, 2.75) is 27.2 Å². The van der Waals surface area contributed by atoms with Gasteiger partial charge in [0.2, 0.25) is 0 Å². The number of carboxylic acids is 1. The molecule has 1 rings (SSSR count). The zero-order valence-electron chi connectivity index (χ0n) is 13.1. The van der Waals surface area contributed by atoms with Crippen LogP contribution < -0.4 is 0 Å². The van der Waals surface area contributed by atoms with Gasteiger partial charge in [-0.05, 0) is 42.3 Å². The second-order valence-corrected chi connectivity index (χ2v) is 5.89. The third-order valence-corrected chi connectivity index (χ3v) is 3.60. The Morgan fingerprint density at radius 3 is 2.68 bits per heavy atom. The first-order valence-corrected chi connectivity index (χ1v) is 8.01. The van der Waals surface area contributed by atoms with Crippen LogP contribution in [0.4, 0.5) is 0 Å². The number of hydrogen-bond donors (Lipinski definition) is 1. The lowest BCUT2D eigenvalue weighted by molar-refractivity contribution is -0.141. The van der Waals surface area contributed by atoms with E-state index >= 15 is 0 Å². The fourth-order valence-electron chi connectivity index (χ4n) is 1.99. The smallest absolute Gasteiger partial charge is 0.308 e. The van der Waals surface area contributed by atoms with Crippen LogP contribution in [0, 0.1) is 12.8 Å². The number of aliphatic carboxylic acids is 1. The Morgan fingerprint density at radius 1 is 1.50 bits per heavy atom. The highest BCUT2D eigenvalue weighted by molar-refractivity contribution is 9.10. The SMILES string of the molecule is CCOCCCN(CC(C)C(=O)O)C(=O)c1oc(Br)cc1C. The molecule has 6 nitrogen and oxygen atoms in total. The van der Waals surface area contributed by atoms with Crippen LogP contribution in [-0.2, 0) is 9.53 Å². The van der Waals surface area contributed by atoms with Crippen molar-refractivity contribution in [1.29, 1.82) is 0 Å². The molecule has 0 saturated carbocycles. The predicted octanol–water partition coefficient (Wildman–Crippen LogP) is 2.94. The molecule has 1 unspecified atom stereocenters. The first kappa shape index (κ1) is 18.7. The van der Waals surface area contributed by atoms with Gasteiger partial charge in [0.25, 0.3) is 5.91 Å². The summed E-state index contributed by atoms with van der Waals surface area (Å²) in [6, 6.07) is 1.71. The van der Waals surface area contributed by atoms with Crippen molar-refractivity contribution >= 4 is 27.8 Å². The second kappa shape index (κ2) is 8.95. The van der Waals surface area contributed by atoms with E-state index in [0.717, 1.165) is 5.56 Å². The Kier molecular flexibility index (Phi) is 7.61. The third-order valence-electron chi connectivity index (χ3n) is 3.21. The van der Waals surface area contributed by atoms with Crippen molar-refractivity contribution in [2.75, 3.05) is 26.3 Å². The van der Waals surface area contributed by atoms with Gasteiger partial charge >= 0.3 is 5.97 Å². The molecular formula is C15H22BrNO5. The molecule has 1 amide bonds. The van der Waals surface area contributed by atoms with E-state index in [1.165, 1.54) is 4.90 Å². The van der Waals surface area contributed by atoms with Crippen molar-refractivity contribution in [1.82, 2.24) is 4.90 Å². The number of amides is 1. The zero-order valence-corrected chi connectivity index (χ0v) is 14.7. The monoisotopic (exact) mass is 375 g/mol. The normalized spacial score (nSPS) is 12.2. The minimum Gasteiger partial charge on any atom is -0.481 e. The van der Waals surface area contributed by atoms with Gasteiger partial charge in [0.05, 0.1) is 5.92 Å². The highest BCUT2D eigenvalue weighted by Crippen LogP contribution is 2.21. The molecule has 0 saturated heterocycles. The van der Waals surface area contributed by atoms with Crippen molar-refractivity contribution in [3.63, 3.8) is 0 Å². The van der Waals surface area contributed by atoms with Crippen LogP contribution in [0.1, 0.15) is 36.4 Å². The van der Waals surface area contributed by atoms with Crippen LogP contribution in [0.2, 0.25) is 0 Å². The van der Waals surface area contributed by atoms with E-state index in [-0.39, 0.29) is 18.2 Å². The van der Waals surface area contributed by atoms with Crippen LogP contribution in [0.15, 0.2) is 15.2 Å². The molecule has 0 spiro atoms. The van der Waals surface area contributed by atoms with Crippen molar-refractivity contribution in [3.8, 4) is 0 Å². The number of hydrogen-bond acceptors (Lipinski definition) is 4. The van der Waals surface area contributed by atoms with Crippen LogP contribution >= 0.6 is 15.9 Å². The number of furan rings is 1. The van der Waals surface area contributed by atoms with E-state index < -0.39 is 11.9 Å². The summed E-state index contributed by atoms with van der Waals surface area (Å²) in [6.07, 6.45) is 0.646. The minimum absolute atomic E-state index is 0.137. The van der Waals surface area contributed by atoms with Crippen LogP contribution in [0.5, 0.6) is 0 Å². The molecule has 0 radical (unpaired) electrons. The van der Waals surface area contributed by atoms with Crippen molar-refractivity contribution in [2.24, 2.45) is 5.92 Å². The van der Waals surface area contributed by atoms with E-state index in [1.54, 1.807) is 19.9 Å². The maximum absolute atomic E-state index is 12.6. The summed E-state index contributed by atoms with van der Waals surface area (Å²) < 4.78 is 11.1. The molecule has 1 heterocycles. The summed E-state index contributed by atoms with van der Waals surface area (Å²) in [5.41, 5.74) is 0.717. The number of rotatable bonds is 9. The Hall–Kier alpha value is -1.34. The summed E-state index contributed by atoms with van der Waals surface area (Å²) in [5, 5.41) is 9.06. The van der Waals surface area contributed by atoms with Crippen LogP contribution in [0.3, 0.4) is 0 Å². The average Bonchev–Trinajstić information content (AvgIpc) is 2.79. The number of carboxylic acid groups (broad SMARTS) is 1. The Bertz CT molecular complexity index is 514. The second-order valence-electron chi connectivity index (χ2n) is 5.10. The van der Waals surface area contributed by atoms with E-state index in [2.05, 4.69) is 15.9 Å². The van der Waals surface area contributed by atoms with Gasteiger partial charge in [-0.2, -0.15) is 0 Å². The molecule has 1 aromatic heterocycles. The maximum atomic E-state index is 12.6. The van der Waals surface area contributed by atoms with Gasteiger partial charge in [-0.1, -0.05) is 6.92 Å². The van der Waals surface area contributed by atoms with E-state index in [0.29, 0.717) is 30.8 Å². The average molecular weight is 376 g/mol. The topological polar surface area (TPSA) is 80.0 Å². The Balaban J connectivity index is 2.80. The minimum atomic E-state index is -0.931. The molecule has 124 valence electrons. The molecular weight excluding hydrogens is 354 g/mol. The molecule has 0 aliphatic rings. The number of carbonyl (C=O) groups is 2. The summed E-state index contributed by atoms with van der Waals surface area (Å²) in [4.78, 5) is 25.1. The van der Waals surface area contributed by atoms with Gasteiger partial charge < -0.3 is 19.2 Å². The van der Waals surface area contributed by atoms with Crippen molar-refractivity contribution in [3.05, 3.63) is 22.1 Å². The number of carbonyl (C=O) groups excluding carboxylic acids is 1. The third kappa shape index (κ3) is 5.46. The molecule has 1 aromatic rings. The fourth-order valence-corrected chi connectivity index (χ4v) is 2.49. The lowest BCUT2D eigenvalue weighted by atomic mass is 10.1. The van der Waals surface area contributed by atoms with Gasteiger partial charge in [-0.3, -0.25) is 9.59 Å². The van der Waals surface area contributed by atoms with Crippen molar-refractivity contribution < 1.29 is 23.8 Å². The Labute approximate surface area is 138 Å².